The van der Waals surface area contributed by atoms with Crippen molar-refractivity contribution in [2.24, 2.45) is 0 Å². The highest BCUT2D eigenvalue weighted by atomic mass is 35.5. The smallest absolute Gasteiger partial charge is 0.0934 e. The van der Waals surface area contributed by atoms with Crippen molar-refractivity contribution in [1.29, 1.82) is 0 Å². The van der Waals surface area contributed by atoms with E-state index in [9.17, 15) is 0 Å². The second kappa shape index (κ2) is 4.39. The molecule has 0 spiro atoms. The van der Waals surface area contributed by atoms with Gasteiger partial charge in [-0.3, -0.25) is 0 Å². The highest BCUT2D eigenvalue weighted by Gasteiger charge is 2.15. The molecule has 0 radical (unpaired) electrons. The van der Waals surface area contributed by atoms with Gasteiger partial charge < -0.3 is 10.2 Å². The third kappa shape index (κ3) is 2.14. The summed E-state index contributed by atoms with van der Waals surface area (Å²) in [6.45, 7) is 4.34. The lowest BCUT2D eigenvalue weighted by Gasteiger charge is -2.28. The van der Waals surface area contributed by atoms with Crippen LogP contribution in [0.15, 0.2) is 18.2 Å². The Morgan fingerprint density at radius 1 is 1.14 bits per heavy atom. The quantitative estimate of drug-likeness (QED) is 0.775. The monoisotopic (exact) mass is 231 g/mol. The van der Waals surface area contributed by atoms with Crippen molar-refractivity contribution in [3.8, 4) is 0 Å². The molecule has 1 aliphatic heterocycles. The fourth-order valence-electron chi connectivity index (χ4n) is 1.72. The Balaban J connectivity index is 2.24. The molecule has 1 aromatic carbocycles. The molecule has 0 aromatic heterocycles. The van der Waals surface area contributed by atoms with E-state index in [1.807, 2.05) is 18.2 Å². The maximum Gasteiger partial charge on any atom is 0.0934 e. The van der Waals surface area contributed by atoms with Crippen LogP contribution in [-0.4, -0.2) is 26.2 Å². The van der Waals surface area contributed by atoms with Gasteiger partial charge in [-0.1, -0.05) is 23.2 Å². The van der Waals surface area contributed by atoms with Crippen molar-refractivity contribution < 1.29 is 5.32 Å². The van der Waals surface area contributed by atoms with E-state index in [1.165, 1.54) is 0 Å². The number of anilines is 1. The molecule has 2 rings (SSSR count). The molecule has 0 unspecified atom stereocenters. The molecule has 76 valence electrons. The second-order valence-electron chi connectivity index (χ2n) is 3.45. The van der Waals surface area contributed by atoms with E-state index in [1.54, 1.807) is 0 Å². The van der Waals surface area contributed by atoms with Crippen molar-refractivity contribution >= 4 is 28.9 Å². The van der Waals surface area contributed by atoms with Crippen LogP contribution in [0.1, 0.15) is 0 Å². The molecule has 0 saturated carbocycles. The maximum atomic E-state index is 6.12. The molecule has 4 heteroatoms. The van der Waals surface area contributed by atoms with Crippen LogP contribution < -0.4 is 10.2 Å². The molecule has 1 aromatic rings. The molecule has 1 saturated heterocycles. The van der Waals surface area contributed by atoms with E-state index in [-0.39, 0.29) is 0 Å². The Morgan fingerprint density at radius 2 is 1.86 bits per heavy atom. The first-order valence-corrected chi connectivity index (χ1v) is 5.54. The largest absolute Gasteiger partial charge is 0.359 e. The first-order valence-electron chi connectivity index (χ1n) is 4.79. The van der Waals surface area contributed by atoms with Crippen LogP contribution in [0.5, 0.6) is 0 Å². The summed E-state index contributed by atoms with van der Waals surface area (Å²) in [4.78, 5) is 2.29. The fourth-order valence-corrected chi connectivity index (χ4v) is 2.12. The lowest BCUT2D eigenvalue weighted by atomic mass is 10.2. The van der Waals surface area contributed by atoms with E-state index >= 15 is 0 Å². The van der Waals surface area contributed by atoms with E-state index in [2.05, 4.69) is 10.2 Å². The van der Waals surface area contributed by atoms with E-state index in [0.29, 0.717) is 0 Å². The third-order valence-electron chi connectivity index (χ3n) is 2.46. The van der Waals surface area contributed by atoms with Gasteiger partial charge in [-0.25, -0.2) is 0 Å². The summed E-state index contributed by atoms with van der Waals surface area (Å²) in [5.41, 5.74) is 1.06. The predicted octanol–water partition coefficient (Wildman–Crippen LogP) is 1.38. The van der Waals surface area contributed by atoms with Gasteiger partial charge >= 0.3 is 0 Å². The first-order chi connectivity index (χ1) is 6.77. The number of nitrogens with two attached hydrogens (primary N) is 1. The average Bonchev–Trinajstić information content (AvgIpc) is 2.23. The van der Waals surface area contributed by atoms with E-state index in [4.69, 9.17) is 23.2 Å². The Labute approximate surface area is 93.8 Å². The van der Waals surface area contributed by atoms with Gasteiger partial charge in [0.15, 0.2) is 0 Å². The van der Waals surface area contributed by atoms with E-state index in [0.717, 1.165) is 41.9 Å². The SMILES string of the molecule is Clc1ccc(Cl)c(N2CC[NH2+]CC2)c1. The number of hydrogen-bond acceptors (Lipinski definition) is 1. The van der Waals surface area contributed by atoms with Crippen molar-refractivity contribution in [1.82, 2.24) is 0 Å². The molecule has 14 heavy (non-hydrogen) atoms. The number of quaternary nitrogens is 1. The van der Waals surface area contributed by atoms with Crippen LogP contribution in [-0.2, 0) is 0 Å². The van der Waals surface area contributed by atoms with Crippen molar-refractivity contribution in [2.75, 3.05) is 31.1 Å². The Hall–Kier alpha value is -0.440. The summed E-state index contributed by atoms with van der Waals surface area (Å²) in [7, 11) is 0. The van der Waals surface area contributed by atoms with Crippen LogP contribution in [0, 0.1) is 0 Å². The molecule has 0 atom stereocenters. The van der Waals surface area contributed by atoms with Gasteiger partial charge in [-0.05, 0) is 18.2 Å². The molecule has 2 N–H and O–H groups in total. The summed E-state index contributed by atoms with van der Waals surface area (Å²) in [5.74, 6) is 0. The zero-order chi connectivity index (χ0) is 9.97. The van der Waals surface area contributed by atoms with Crippen LogP contribution in [0.4, 0.5) is 5.69 Å². The Morgan fingerprint density at radius 3 is 2.57 bits per heavy atom. The molecule has 1 heterocycles. The Kier molecular flexibility index (Phi) is 3.16. The standard InChI is InChI=1S/C10H12Cl2N2/c11-8-1-2-9(12)10(7-8)14-5-3-13-4-6-14/h1-2,7,13H,3-6H2/p+1. The lowest BCUT2D eigenvalue weighted by molar-refractivity contribution is -0.655. The summed E-state index contributed by atoms with van der Waals surface area (Å²) in [5, 5.41) is 3.85. The van der Waals surface area contributed by atoms with Crippen molar-refractivity contribution in [3.63, 3.8) is 0 Å². The van der Waals surface area contributed by atoms with Gasteiger partial charge in [0.05, 0.1) is 36.9 Å². The van der Waals surface area contributed by atoms with Crippen LogP contribution in [0.25, 0.3) is 0 Å². The lowest BCUT2D eigenvalue weighted by Crippen LogP contribution is -2.89. The van der Waals surface area contributed by atoms with Crippen LogP contribution in [0.2, 0.25) is 10.0 Å². The van der Waals surface area contributed by atoms with Gasteiger partial charge in [-0.2, -0.15) is 0 Å². The highest BCUT2D eigenvalue weighted by Crippen LogP contribution is 2.28. The minimum absolute atomic E-state index is 0.749. The van der Waals surface area contributed by atoms with Gasteiger partial charge in [0.25, 0.3) is 0 Å². The van der Waals surface area contributed by atoms with E-state index < -0.39 is 0 Å². The summed E-state index contributed by atoms with van der Waals surface area (Å²) in [6, 6.07) is 5.62. The summed E-state index contributed by atoms with van der Waals surface area (Å²) in [6.07, 6.45) is 0. The molecule has 1 aliphatic rings. The molecule has 0 amide bonds. The number of nitrogens with zero attached hydrogens (tertiary/aromatic N) is 1. The number of halogens is 2. The minimum atomic E-state index is 0.749. The minimum Gasteiger partial charge on any atom is -0.359 e. The van der Waals surface area contributed by atoms with Crippen LogP contribution in [0.3, 0.4) is 0 Å². The van der Waals surface area contributed by atoms with Gasteiger partial charge in [-0.15, -0.1) is 0 Å². The number of benzene rings is 1. The summed E-state index contributed by atoms with van der Waals surface area (Å²) < 4.78 is 0. The normalized spacial score (nSPS) is 17.1. The second-order valence-corrected chi connectivity index (χ2v) is 4.29. The van der Waals surface area contributed by atoms with Crippen LogP contribution >= 0.6 is 23.2 Å². The maximum absolute atomic E-state index is 6.12. The molecule has 0 aliphatic carbocycles. The zero-order valence-electron chi connectivity index (χ0n) is 7.84. The Bertz CT molecular complexity index is 322. The van der Waals surface area contributed by atoms with Crippen molar-refractivity contribution in [3.05, 3.63) is 28.2 Å². The molecular weight excluding hydrogens is 219 g/mol. The molecule has 0 bridgehead atoms. The third-order valence-corrected chi connectivity index (χ3v) is 3.01. The topological polar surface area (TPSA) is 19.9 Å². The molecule has 1 fully saturated rings. The number of hydrogen-bond donors (Lipinski definition) is 1. The number of rotatable bonds is 1. The average molecular weight is 232 g/mol. The predicted molar refractivity (Wildman–Crippen MR) is 60.3 cm³/mol. The number of piperazine rings is 1. The zero-order valence-corrected chi connectivity index (χ0v) is 9.35. The van der Waals surface area contributed by atoms with Gasteiger partial charge in [0, 0.05) is 5.02 Å². The molecular formula is C10H13Cl2N2+. The van der Waals surface area contributed by atoms with Gasteiger partial charge in [0.2, 0.25) is 0 Å². The highest BCUT2D eigenvalue weighted by molar-refractivity contribution is 6.35. The van der Waals surface area contributed by atoms with Gasteiger partial charge in [0.1, 0.15) is 0 Å². The molecule has 2 nitrogen and oxygen atoms in total. The fraction of sp³-hybridized carbons (Fsp3) is 0.400. The first kappa shape index (κ1) is 10.1. The summed E-state index contributed by atoms with van der Waals surface area (Å²) >= 11 is 12.1. The van der Waals surface area contributed by atoms with Crippen molar-refractivity contribution in [2.45, 2.75) is 0 Å².